The normalized spacial score (nSPS) is 25.9. The first-order chi connectivity index (χ1) is 8.19. The Hall–Kier alpha value is -0.620. The molecule has 0 saturated heterocycles. The highest BCUT2D eigenvalue weighted by Crippen LogP contribution is 2.27. The molecule has 1 fully saturated rings. The molecule has 0 spiro atoms. The molecule has 0 aliphatic heterocycles. The number of carboxylic acid groups (broad SMARTS) is 1. The van der Waals surface area contributed by atoms with Crippen LogP contribution in [0, 0.1) is 5.92 Å². The number of hydrogen-bond acceptors (Lipinski definition) is 3. The van der Waals surface area contributed by atoms with Gasteiger partial charge < -0.3 is 5.11 Å². The van der Waals surface area contributed by atoms with Gasteiger partial charge in [0, 0.05) is 6.04 Å². The van der Waals surface area contributed by atoms with Gasteiger partial charge in [0.05, 0.1) is 10.7 Å². The Balaban J connectivity index is 2.59. The van der Waals surface area contributed by atoms with Gasteiger partial charge in [-0.1, -0.05) is 6.92 Å². The van der Waals surface area contributed by atoms with Gasteiger partial charge in [-0.25, -0.2) is 13.1 Å². The van der Waals surface area contributed by atoms with Crippen LogP contribution in [0.2, 0.25) is 0 Å². The average Bonchev–Trinajstić information content (AvgIpc) is 2.29. The second-order valence-corrected chi connectivity index (χ2v) is 7.97. The lowest BCUT2D eigenvalue weighted by molar-refractivity contribution is -0.142. The van der Waals surface area contributed by atoms with Crippen molar-refractivity contribution in [3.8, 4) is 0 Å². The van der Waals surface area contributed by atoms with Gasteiger partial charge in [-0.05, 0) is 46.0 Å². The van der Waals surface area contributed by atoms with Crippen LogP contribution in [0.25, 0.3) is 0 Å². The van der Waals surface area contributed by atoms with Crippen LogP contribution in [0.3, 0.4) is 0 Å². The predicted molar refractivity (Wildman–Crippen MR) is 69.8 cm³/mol. The zero-order valence-corrected chi connectivity index (χ0v) is 12.1. The molecule has 1 aliphatic rings. The van der Waals surface area contributed by atoms with E-state index in [4.69, 9.17) is 5.11 Å². The highest BCUT2D eigenvalue weighted by Gasteiger charge is 2.35. The van der Waals surface area contributed by atoms with E-state index >= 15 is 0 Å². The summed E-state index contributed by atoms with van der Waals surface area (Å²) in [5, 5.41) is 8.89. The summed E-state index contributed by atoms with van der Waals surface area (Å²) in [6, 6.07) is -0.114. The Kier molecular flexibility index (Phi) is 4.78. The minimum Gasteiger partial charge on any atom is -0.481 e. The first-order valence-electron chi connectivity index (χ1n) is 6.44. The maximum absolute atomic E-state index is 12.1. The number of aliphatic carboxylic acids is 1. The van der Waals surface area contributed by atoms with Crippen LogP contribution in [0.15, 0.2) is 0 Å². The molecule has 0 amide bonds. The summed E-state index contributed by atoms with van der Waals surface area (Å²) in [7, 11) is -3.34. The maximum Gasteiger partial charge on any atom is 0.306 e. The van der Waals surface area contributed by atoms with Crippen LogP contribution < -0.4 is 4.72 Å². The summed E-state index contributed by atoms with van der Waals surface area (Å²) in [5.74, 6) is -1.09. The summed E-state index contributed by atoms with van der Waals surface area (Å²) in [4.78, 5) is 10.8. The molecule has 0 bridgehead atoms. The minimum atomic E-state index is -3.34. The molecule has 1 rings (SSSR count). The molecule has 0 aromatic carbocycles. The van der Waals surface area contributed by atoms with Crippen LogP contribution in [-0.2, 0) is 14.8 Å². The zero-order chi connectivity index (χ0) is 14.0. The van der Waals surface area contributed by atoms with Crippen molar-refractivity contribution in [2.75, 3.05) is 0 Å². The summed E-state index contributed by atoms with van der Waals surface area (Å²) < 4.78 is 26.2. The van der Waals surface area contributed by atoms with Crippen molar-refractivity contribution in [2.45, 2.75) is 63.7 Å². The molecular weight excluding hydrogens is 254 g/mol. The Morgan fingerprint density at radius 3 is 2.17 bits per heavy atom. The molecule has 6 heteroatoms. The van der Waals surface area contributed by atoms with Crippen molar-refractivity contribution in [1.82, 2.24) is 4.72 Å². The van der Waals surface area contributed by atoms with E-state index in [0.29, 0.717) is 32.1 Å². The third-order valence-electron chi connectivity index (χ3n) is 3.98. The molecule has 0 aromatic heterocycles. The van der Waals surface area contributed by atoms with Gasteiger partial charge in [-0.3, -0.25) is 4.79 Å². The maximum atomic E-state index is 12.1. The smallest absolute Gasteiger partial charge is 0.306 e. The fraction of sp³-hybridized carbons (Fsp3) is 0.917. The molecule has 5 nitrogen and oxygen atoms in total. The van der Waals surface area contributed by atoms with E-state index in [0.717, 1.165) is 0 Å². The first-order valence-corrected chi connectivity index (χ1v) is 7.92. The number of nitrogens with one attached hydrogen (secondary N) is 1. The fourth-order valence-corrected chi connectivity index (χ4v) is 3.40. The quantitative estimate of drug-likeness (QED) is 0.801. The lowest BCUT2D eigenvalue weighted by Gasteiger charge is -2.31. The molecule has 0 unspecified atom stereocenters. The third-order valence-corrected chi connectivity index (χ3v) is 6.36. The first kappa shape index (κ1) is 15.4. The van der Waals surface area contributed by atoms with Crippen molar-refractivity contribution in [3.63, 3.8) is 0 Å². The van der Waals surface area contributed by atoms with Crippen molar-refractivity contribution < 1.29 is 18.3 Å². The van der Waals surface area contributed by atoms with E-state index in [1.807, 2.05) is 6.92 Å². The monoisotopic (exact) mass is 277 g/mol. The largest absolute Gasteiger partial charge is 0.481 e. The van der Waals surface area contributed by atoms with E-state index in [9.17, 15) is 13.2 Å². The van der Waals surface area contributed by atoms with Crippen LogP contribution in [0.5, 0.6) is 0 Å². The van der Waals surface area contributed by atoms with Gasteiger partial charge >= 0.3 is 5.97 Å². The molecule has 0 radical (unpaired) electrons. The number of carboxylic acids is 1. The van der Waals surface area contributed by atoms with Gasteiger partial charge in [-0.2, -0.15) is 0 Å². The Morgan fingerprint density at radius 2 is 1.78 bits per heavy atom. The van der Waals surface area contributed by atoms with Gasteiger partial charge in [0.15, 0.2) is 0 Å². The van der Waals surface area contributed by atoms with Gasteiger partial charge in [-0.15, -0.1) is 0 Å². The topological polar surface area (TPSA) is 83.5 Å². The van der Waals surface area contributed by atoms with Crippen molar-refractivity contribution in [3.05, 3.63) is 0 Å². The molecule has 106 valence electrons. The van der Waals surface area contributed by atoms with Gasteiger partial charge in [0.1, 0.15) is 0 Å². The van der Waals surface area contributed by atoms with E-state index in [2.05, 4.69) is 4.72 Å². The number of sulfonamides is 1. The molecule has 0 atom stereocenters. The van der Waals surface area contributed by atoms with Crippen molar-refractivity contribution in [2.24, 2.45) is 5.92 Å². The molecular formula is C12H23NO4S. The van der Waals surface area contributed by atoms with Crippen molar-refractivity contribution >= 4 is 16.0 Å². The molecule has 18 heavy (non-hydrogen) atoms. The van der Waals surface area contributed by atoms with E-state index in [1.54, 1.807) is 13.8 Å². The lowest BCUT2D eigenvalue weighted by atomic mass is 9.87. The fourth-order valence-electron chi connectivity index (χ4n) is 2.03. The lowest BCUT2D eigenvalue weighted by Crippen LogP contribution is -2.47. The van der Waals surface area contributed by atoms with Gasteiger partial charge in [0.25, 0.3) is 0 Å². The second kappa shape index (κ2) is 5.57. The summed E-state index contributed by atoms with van der Waals surface area (Å²) in [5.41, 5.74) is 0. The highest BCUT2D eigenvalue weighted by molar-refractivity contribution is 7.90. The average molecular weight is 277 g/mol. The number of rotatable bonds is 5. The zero-order valence-electron chi connectivity index (χ0n) is 11.3. The van der Waals surface area contributed by atoms with Crippen LogP contribution >= 0.6 is 0 Å². The standard InChI is InChI=1S/C12H23NO4S/c1-4-12(2,3)18(16,17)13-10-7-5-9(6-8-10)11(14)15/h9-10,13H,4-8H2,1-3H3,(H,14,15). The van der Waals surface area contributed by atoms with E-state index in [-0.39, 0.29) is 12.0 Å². The minimum absolute atomic E-state index is 0.114. The second-order valence-electron chi connectivity index (χ2n) is 5.62. The molecule has 1 saturated carbocycles. The molecule has 2 N–H and O–H groups in total. The van der Waals surface area contributed by atoms with Gasteiger partial charge in [0.2, 0.25) is 10.0 Å². The van der Waals surface area contributed by atoms with Crippen LogP contribution in [-0.4, -0.2) is 30.3 Å². The third kappa shape index (κ3) is 3.45. The summed E-state index contributed by atoms with van der Waals surface area (Å²) in [6.07, 6.45) is 2.86. The SMILES string of the molecule is CCC(C)(C)S(=O)(=O)NC1CCC(C(=O)O)CC1. The highest BCUT2D eigenvalue weighted by atomic mass is 32.2. The Bertz CT molecular complexity index is 394. The predicted octanol–water partition coefficient (Wildman–Crippen LogP) is 1.74. The Labute approximate surface area is 109 Å². The van der Waals surface area contributed by atoms with E-state index in [1.165, 1.54) is 0 Å². The van der Waals surface area contributed by atoms with Crippen LogP contribution in [0.1, 0.15) is 52.9 Å². The molecule has 0 heterocycles. The van der Waals surface area contributed by atoms with E-state index < -0.39 is 20.7 Å². The van der Waals surface area contributed by atoms with Crippen molar-refractivity contribution in [1.29, 1.82) is 0 Å². The molecule has 1 aliphatic carbocycles. The Morgan fingerprint density at radius 1 is 1.28 bits per heavy atom. The number of carbonyl (C=O) groups is 1. The molecule has 0 aromatic rings. The summed E-state index contributed by atoms with van der Waals surface area (Å²) in [6.45, 7) is 5.26. The summed E-state index contributed by atoms with van der Waals surface area (Å²) >= 11 is 0. The number of hydrogen-bond donors (Lipinski definition) is 2. The van der Waals surface area contributed by atoms with Crippen LogP contribution in [0.4, 0.5) is 0 Å².